The van der Waals surface area contributed by atoms with Gasteiger partial charge in [0.15, 0.2) is 0 Å². The molecule has 6 rings (SSSR count). The van der Waals surface area contributed by atoms with Gasteiger partial charge in [0, 0.05) is 0 Å². The van der Waals surface area contributed by atoms with E-state index in [0.29, 0.717) is 30.8 Å². The van der Waals surface area contributed by atoms with Crippen molar-refractivity contribution in [1.29, 1.82) is 0 Å². The Morgan fingerprint density at radius 1 is 1.02 bits per heavy atom. The Labute approximate surface area is 273 Å². The van der Waals surface area contributed by atoms with Crippen molar-refractivity contribution in [2.75, 3.05) is 6.61 Å². The summed E-state index contributed by atoms with van der Waals surface area (Å²) in [4.78, 5) is 28.6. The van der Waals surface area contributed by atoms with E-state index in [-0.39, 0.29) is 51.9 Å². The second-order valence-electron chi connectivity index (χ2n) is 14.3. The zero-order chi connectivity index (χ0) is 32.0. The van der Waals surface area contributed by atoms with Crippen LogP contribution in [0.25, 0.3) is 0 Å². The zero-order valence-corrected chi connectivity index (χ0v) is 28.9. The Morgan fingerprint density at radius 3 is 2.56 bits per heavy atom. The van der Waals surface area contributed by atoms with Gasteiger partial charge in [-0.05, 0) is 0 Å². The second-order valence-corrected chi connectivity index (χ2v) is 17.6. The summed E-state index contributed by atoms with van der Waals surface area (Å²) in [5, 5.41) is 12.5. The van der Waals surface area contributed by atoms with Crippen LogP contribution in [0.5, 0.6) is 0 Å². The fraction of sp³-hybridized carbons (Fsp3) is 0.622. The molecule has 1 aromatic carbocycles. The molecule has 5 aliphatic rings. The normalized spacial score (nSPS) is 45.5. The van der Waals surface area contributed by atoms with Crippen molar-refractivity contribution in [2.45, 2.75) is 120 Å². The molecule has 1 spiro atoms. The van der Waals surface area contributed by atoms with Crippen molar-refractivity contribution in [2.24, 2.45) is 17.8 Å². The van der Waals surface area contributed by atoms with Crippen molar-refractivity contribution in [3.8, 4) is 0 Å². The first-order valence-electron chi connectivity index (χ1n) is 16.6. The van der Waals surface area contributed by atoms with Gasteiger partial charge in [0.25, 0.3) is 0 Å². The molecule has 8 heteroatoms. The molecule has 0 amide bonds. The van der Waals surface area contributed by atoms with Crippen molar-refractivity contribution < 1.29 is 33.6 Å². The predicted octanol–water partition coefficient (Wildman–Crippen LogP) is 5.39. The number of esters is 1. The van der Waals surface area contributed by atoms with Crippen molar-refractivity contribution in [3.63, 3.8) is 0 Å². The molecule has 45 heavy (non-hydrogen) atoms. The van der Waals surface area contributed by atoms with E-state index < -0.39 is 39.8 Å². The summed E-state index contributed by atoms with van der Waals surface area (Å²) in [5.74, 6) is -1.69. The molecule has 0 unspecified atom stereocenters. The summed E-state index contributed by atoms with van der Waals surface area (Å²) in [7, 11) is 0. The molecule has 4 aliphatic heterocycles. The number of allylic oxidation sites excluding steroid dienone is 4. The van der Waals surface area contributed by atoms with Crippen LogP contribution < -0.4 is 4.46 Å². The Kier molecular flexibility index (Phi) is 9.39. The molecule has 4 heterocycles. The third-order valence-corrected chi connectivity index (χ3v) is 13.4. The van der Waals surface area contributed by atoms with Crippen molar-refractivity contribution in [1.82, 2.24) is 0 Å². The van der Waals surface area contributed by atoms with Crippen LogP contribution in [0.3, 0.4) is 0 Å². The molecule has 3 saturated heterocycles. The molecule has 7 nitrogen and oxygen atoms in total. The summed E-state index contributed by atoms with van der Waals surface area (Å²) in [6, 6.07) is 9.93. The van der Waals surface area contributed by atoms with Gasteiger partial charge in [0.2, 0.25) is 0 Å². The van der Waals surface area contributed by atoms with Crippen LogP contribution in [0.15, 0.2) is 65.8 Å². The molecule has 0 radical (unpaired) electrons. The van der Waals surface area contributed by atoms with Gasteiger partial charge in [-0.25, -0.2) is 0 Å². The van der Waals surface area contributed by atoms with Gasteiger partial charge in [-0.2, -0.15) is 0 Å². The first kappa shape index (κ1) is 32.9. The molecule has 2 bridgehead atoms. The van der Waals surface area contributed by atoms with E-state index in [9.17, 15) is 14.7 Å². The number of fused-ring (bicyclic) bond motifs is 2. The quantitative estimate of drug-likeness (QED) is 0.254. The number of ether oxygens (including phenoxy) is 4. The number of ketones is 1. The van der Waals surface area contributed by atoms with Gasteiger partial charge in [-0.3, -0.25) is 0 Å². The van der Waals surface area contributed by atoms with Crippen LogP contribution in [-0.4, -0.2) is 74.2 Å². The minimum atomic E-state index is -1.77. The fourth-order valence-electron chi connectivity index (χ4n) is 7.86. The van der Waals surface area contributed by atoms with E-state index in [4.69, 9.17) is 18.9 Å². The summed E-state index contributed by atoms with van der Waals surface area (Å²) >= 11 is -0.284. The number of hydrogen-bond donors (Lipinski definition) is 1. The van der Waals surface area contributed by atoms with E-state index in [1.54, 1.807) is 0 Å². The Hall–Kier alpha value is -2.06. The summed E-state index contributed by atoms with van der Waals surface area (Å²) in [6.07, 6.45) is 11.0. The fourth-order valence-corrected chi connectivity index (χ4v) is 10.5. The molecule has 1 aliphatic carbocycles. The van der Waals surface area contributed by atoms with Gasteiger partial charge < -0.3 is 0 Å². The van der Waals surface area contributed by atoms with Crippen LogP contribution in [0.2, 0.25) is 4.31 Å². The predicted molar refractivity (Wildman–Crippen MR) is 173 cm³/mol. The molecule has 1 N–H and O–H groups in total. The topological polar surface area (TPSA) is 91.3 Å². The van der Waals surface area contributed by atoms with E-state index in [1.807, 2.05) is 49.4 Å². The molecular weight excluding hydrogens is 635 g/mol. The SMILES string of the molecule is C/C1=C\C[C@@H]2C[C@@H](C[C@]3(CC[C@H](C)[C@@H](C)O3)O2)OC(=O)[C@@H]2C[C@](C)([Se]c3ccccc3)C(=O)[C@H]3OC/C(=C\C=C\[C@H](C)C1)[C@]32O. The average molecular weight is 684 g/mol. The van der Waals surface area contributed by atoms with Gasteiger partial charge in [-0.15, -0.1) is 0 Å². The summed E-state index contributed by atoms with van der Waals surface area (Å²) in [5.41, 5.74) is 0.0595. The Morgan fingerprint density at radius 2 is 1.80 bits per heavy atom. The molecule has 10 atom stereocenters. The minimum absolute atomic E-state index is 0.0340. The maximum absolute atomic E-state index is 14.4. The molecule has 244 valence electrons. The van der Waals surface area contributed by atoms with Crippen molar-refractivity contribution >= 4 is 31.2 Å². The van der Waals surface area contributed by atoms with E-state index in [2.05, 4.69) is 39.8 Å². The Bertz CT molecular complexity index is 1370. The molecule has 4 fully saturated rings. The number of aliphatic hydroxyl groups is 1. The van der Waals surface area contributed by atoms with Crippen LogP contribution >= 0.6 is 0 Å². The summed E-state index contributed by atoms with van der Waals surface area (Å²) < 4.78 is 26.0. The van der Waals surface area contributed by atoms with Gasteiger partial charge in [0.05, 0.1) is 0 Å². The van der Waals surface area contributed by atoms with Gasteiger partial charge in [0.1, 0.15) is 0 Å². The maximum atomic E-state index is 14.4. The van der Waals surface area contributed by atoms with Crippen LogP contribution in [-0.2, 0) is 28.5 Å². The molecular formula is C37H48O7Se. The van der Waals surface area contributed by atoms with Crippen LogP contribution in [0.4, 0.5) is 0 Å². The van der Waals surface area contributed by atoms with Gasteiger partial charge in [-0.1, -0.05) is 0 Å². The van der Waals surface area contributed by atoms with Gasteiger partial charge >= 0.3 is 275 Å². The first-order chi connectivity index (χ1) is 21.4. The summed E-state index contributed by atoms with van der Waals surface area (Å²) in [6.45, 7) is 10.6. The second kappa shape index (κ2) is 12.9. The van der Waals surface area contributed by atoms with E-state index >= 15 is 0 Å². The monoisotopic (exact) mass is 684 g/mol. The Balaban J connectivity index is 1.37. The van der Waals surface area contributed by atoms with E-state index in [0.717, 1.165) is 23.7 Å². The molecule has 1 aromatic rings. The molecule has 1 saturated carbocycles. The number of hydrogen-bond acceptors (Lipinski definition) is 7. The average Bonchev–Trinajstić information content (AvgIpc) is 3.33. The number of carbonyl (C=O) groups is 2. The number of rotatable bonds is 2. The number of Topliss-reactive ketones (excluding diaryl/α,β-unsaturated/α-hetero) is 1. The third kappa shape index (κ3) is 6.57. The number of carbonyl (C=O) groups excluding carboxylic acids is 2. The van der Waals surface area contributed by atoms with Crippen LogP contribution in [0.1, 0.15) is 79.6 Å². The third-order valence-electron chi connectivity index (χ3n) is 10.6. The van der Waals surface area contributed by atoms with Crippen LogP contribution in [0, 0.1) is 17.8 Å². The van der Waals surface area contributed by atoms with E-state index in [1.165, 1.54) is 5.57 Å². The number of benzene rings is 1. The standard InChI is InChI=1S/C37H48O7Se/c1-23-10-9-11-27-22-41-33-32(38)35(5,45-30-12-7-6-8-13-30)21-31(37(27,33)40)34(39)42-29-19-28(15-14-24(2)18-23)44-36(20-29)17-16-25(3)26(4)43-36/h6-14,23,25-26,28-29,31,33,40H,15-22H2,1-5H3/b10-9+,24-14+,27-11+/t23-,25-,26+,28+,29-,31-,33+,35-,36-,37+/m0/s1. The molecule has 0 aromatic heterocycles. The van der Waals surface area contributed by atoms with Crippen molar-refractivity contribution in [3.05, 3.63) is 65.8 Å². The zero-order valence-electron chi connectivity index (χ0n) is 27.2. The first-order valence-corrected chi connectivity index (χ1v) is 18.3.